The standard InChI is InChI=1S/C24H20N2/c1-2-26-22-11-4-3-10-20(22)21-16-17(12-13-23(21)26)15-19-8-5-7-18-9-6-14-25-24(18)19/h3-14,16H,2,15H2,1H3. The zero-order chi connectivity index (χ0) is 17.5. The first-order valence-corrected chi connectivity index (χ1v) is 9.17. The van der Waals surface area contributed by atoms with Crippen LogP contribution >= 0.6 is 0 Å². The van der Waals surface area contributed by atoms with Crippen molar-refractivity contribution < 1.29 is 0 Å². The molecule has 0 bridgehead atoms. The van der Waals surface area contributed by atoms with Crippen LogP contribution in [0.3, 0.4) is 0 Å². The maximum atomic E-state index is 4.60. The van der Waals surface area contributed by atoms with E-state index in [0.717, 1.165) is 18.5 Å². The second-order valence-corrected chi connectivity index (χ2v) is 6.78. The molecule has 5 rings (SSSR count). The number of aromatic nitrogens is 2. The lowest BCUT2D eigenvalue weighted by atomic mass is 10.00. The molecule has 0 unspecified atom stereocenters. The number of benzene rings is 3. The average molecular weight is 336 g/mol. The van der Waals surface area contributed by atoms with E-state index < -0.39 is 0 Å². The summed E-state index contributed by atoms with van der Waals surface area (Å²) >= 11 is 0. The van der Waals surface area contributed by atoms with Gasteiger partial charge in [0.2, 0.25) is 0 Å². The second-order valence-electron chi connectivity index (χ2n) is 6.78. The van der Waals surface area contributed by atoms with Crippen LogP contribution < -0.4 is 0 Å². The minimum Gasteiger partial charge on any atom is -0.341 e. The van der Waals surface area contributed by atoms with Crippen LogP contribution in [0.25, 0.3) is 32.7 Å². The van der Waals surface area contributed by atoms with E-state index in [1.165, 1.54) is 38.3 Å². The van der Waals surface area contributed by atoms with Gasteiger partial charge in [-0.25, -0.2) is 0 Å². The van der Waals surface area contributed by atoms with Gasteiger partial charge in [0.25, 0.3) is 0 Å². The number of para-hydroxylation sites is 2. The van der Waals surface area contributed by atoms with Crippen molar-refractivity contribution in [2.24, 2.45) is 0 Å². The third-order valence-corrected chi connectivity index (χ3v) is 5.26. The molecule has 0 atom stereocenters. The number of nitrogens with zero attached hydrogens (tertiary/aromatic N) is 2. The van der Waals surface area contributed by atoms with Crippen molar-refractivity contribution in [1.29, 1.82) is 0 Å². The molecule has 0 saturated heterocycles. The van der Waals surface area contributed by atoms with E-state index in [1.54, 1.807) is 0 Å². The monoisotopic (exact) mass is 336 g/mol. The maximum absolute atomic E-state index is 4.60. The second kappa shape index (κ2) is 5.99. The lowest BCUT2D eigenvalue weighted by Gasteiger charge is -2.07. The van der Waals surface area contributed by atoms with E-state index in [9.17, 15) is 0 Å². The number of fused-ring (bicyclic) bond motifs is 4. The van der Waals surface area contributed by atoms with Crippen molar-refractivity contribution in [3.8, 4) is 0 Å². The Morgan fingerprint density at radius 2 is 1.65 bits per heavy atom. The molecule has 2 nitrogen and oxygen atoms in total. The summed E-state index contributed by atoms with van der Waals surface area (Å²) < 4.78 is 2.40. The molecular formula is C24H20N2. The molecule has 0 aliphatic rings. The highest BCUT2D eigenvalue weighted by atomic mass is 15.0. The summed E-state index contributed by atoms with van der Waals surface area (Å²) in [5.41, 5.74) is 6.34. The number of hydrogen-bond donors (Lipinski definition) is 0. The van der Waals surface area contributed by atoms with E-state index in [2.05, 4.69) is 83.2 Å². The Morgan fingerprint density at radius 3 is 2.58 bits per heavy atom. The first-order chi connectivity index (χ1) is 12.8. The van der Waals surface area contributed by atoms with E-state index in [-0.39, 0.29) is 0 Å². The van der Waals surface area contributed by atoms with Crippen molar-refractivity contribution >= 4 is 32.7 Å². The van der Waals surface area contributed by atoms with Gasteiger partial charge in [0.05, 0.1) is 5.52 Å². The van der Waals surface area contributed by atoms with Crippen LogP contribution in [0.4, 0.5) is 0 Å². The molecule has 5 aromatic rings. The molecule has 26 heavy (non-hydrogen) atoms. The normalized spacial score (nSPS) is 11.6. The number of aryl methyl sites for hydroxylation is 1. The number of rotatable bonds is 3. The summed E-state index contributed by atoms with van der Waals surface area (Å²) in [5, 5.41) is 3.88. The van der Waals surface area contributed by atoms with Gasteiger partial charge < -0.3 is 4.57 Å². The maximum Gasteiger partial charge on any atom is 0.0737 e. The van der Waals surface area contributed by atoms with Gasteiger partial charge in [-0.1, -0.05) is 48.5 Å². The summed E-state index contributed by atoms with van der Waals surface area (Å²) in [4.78, 5) is 4.60. The Morgan fingerprint density at radius 1 is 0.808 bits per heavy atom. The third-order valence-electron chi connectivity index (χ3n) is 5.26. The van der Waals surface area contributed by atoms with Crippen LogP contribution in [0.5, 0.6) is 0 Å². The minimum absolute atomic E-state index is 0.899. The Labute approximate surface area is 152 Å². The van der Waals surface area contributed by atoms with Gasteiger partial charge in [0.15, 0.2) is 0 Å². The number of pyridine rings is 1. The lowest BCUT2D eigenvalue weighted by Crippen LogP contribution is -1.94. The SMILES string of the molecule is CCn1c2ccccc2c2cc(Cc3cccc4cccnc34)ccc21. The van der Waals surface area contributed by atoms with E-state index in [1.807, 2.05) is 12.3 Å². The topological polar surface area (TPSA) is 17.8 Å². The molecule has 0 amide bonds. The molecule has 3 aromatic carbocycles. The predicted molar refractivity (Wildman–Crippen MR) is 110 cm³/mol. The number of hydrogen-bond acceptors (Lipinski definition) is 1. The van der Waals surface area contributed by atoms with Gasteiger partial charge in [0.1, 0.15) is 0 Å². The molecule has 2 heterocycles. The van der Waals surface area contributed by atoms with Gasteiger partial charge in [-0.15, -0.1) is 0 Å². The van der Waals surface area contributed by atoms with Gasteiger partial charge in [-0.3, -0.25) is 4.98 Å². The molecule has 126 valence electrons. The largest absolute Gasteiger partial charge is 0.341 e. The van der Waals surface area contributed by atoms with Gasteiger partial charge in [0, 0.05) is 39.9 Å². The molecular weight excluding hydrogens is 316 g/mol. The molecule has 0 radical (unpaired) electrons. The fourth-order valence-corrected chi connectivity index (χ4v) is 4.08. The Balaban J connectivity index is 1.67. The van der Waals surface area contributed by atoms with Crippen molar-refractivity contribution in [3.63, 3.8) is 0 Å². The van der Waals surface area contributed by atoms with E-state index in [0.29, 0.717) is 0 Å². The van der Waals surface area contributed by atoms with Gasteiger partial charge in [-0.05, 0) is 48.7 Å². The van der Waals surface area contributed by atoms with Crippen LogP contribution in [0.15, 0.2) is 79.0 Å². The van der Waals surface area contributed by atoms with Crippen molar-refractivity contribution in [3.05, 3.63) is 90.1 Å². The van der Waals surface area contributed by atoms with E-state index in [4.69, 9.17) is 0 Å². The molecule has 0 aliphatic carbocycles. The summed E-state index contributed by atoms with van der Waals surface area (Å²) in [6, 6.07) is 26.1. The quantitative estimate of drug-likeness (QED) is 0.398. The van der Waals surface area contributed by atoms with Gasteiger partial charge in [-0.2, -0.15) is 0 Å². The fraction of sp³-hybridized carbons (Fsp3) is 0.125. The van der Waals surface area contributed by atoms with Crippen molar-refractivity contribution in [2.75, 3.05) is 0 Å². The first kappa shape index (κ1) is 15.2. The highest BCUT2D eigenvalue weighted by Gasteiger charge is 2.10. The zero-order valence-electron chi connectivity index (χ0n) is 14.8. The van der Waals surface area contributed by atoms with Gasteiger partial charge >= 0.3 is 0 Å². The summed E-state index contributed by atoms with van der Waals surface area (Å²) in [6.07, 6.45) is 2.78. The fourth-order valence-electron chi connectivity index (χ4n) is 4.08. The predicted octanol–water partition coefficient (Wildman–Crippen LogP) is 5.95. The molecule has 0 saturated carbocycles. The third kappa shape index (κ3) is 2.30. The summed E-state index contributed by atoms with van der Waals surface area (Å²) in [5.74, 6) is 0. The Bertz CT molecular complexity index is 1240. The lowest BCUT2D eigenvalue weighted by molar-refractivity contribution is 0.827. The molecule has 0 aliphatic heterocycles. The van der Waals surface area contributed by atoms with Crippen molar-refractivity contribution in [2.45, 2.75) is 19.9 Å². The first-order valence-electron chi connectivity index (χ1n) is 9.17. The minimum atomic E-state index is 0.899. The molecule has 0 fully saturated rings. The molecule has 2 heteroatoms. The van der Waals surface area contributed by atoms with Crippen molar-refractivity contribution in [1.82, 2.24) is 9.55 Å². The summed E-state index contributed by atoms with van der Waals surface area (Å²) in [6.45, 7) is 3.19. The Hall–Kier alpha value is -3.13. The van der Waals surface area contributed by atoms with Crippen LogP contribution in [-0.4, -0.2) is 9.55 Å². The van der Waals surface area contributed by atoms with E-state index >= 15 is 0 Å². The van der Waals surface area contributed by atoms with Crippen LogP contribution in [0.1, 0.15) is 18.1 Å². The summed E-state index contributed by atoms with van der Waals surface area (Å²) in [7, 11) is 0. The highest BCUT2D eigenvalue weighted by Crippen LogP contribution is 2.30. The molecule has 0 spiro atoms. The zero-order valence-corrected chi connectivity index (χ0v) is 14.8. The van der Waals surface area contributed by atoms with Crippen LogP contribution in [0.2, 0.25) is 0 Å². The Kier molecular flexibility index (Phi) is 3.49. The average Bonchev–Trinajstić information content (AvgIpc) is 3.01. The van der Waals surface area contributed by atoms with Crippen LogP contribution in [-0.2, 0) is 13.0 Å². The molecule has 0 N–H and O–H groups in total. The van der Waals surface area contributed by atoms with Crippen LogP contribution in [0, 0.1) is 0 Å². The highest BCUT2D eigenvalue weighted by molar-refractivity contribution is 6.08. The molecule has 2 aromatic heterocycles. The smallest absolute Gasteiger partial charge is 0.0737 e.